The molecule has 0 spiro atoms. The predicted octanol–water partition coefficient (Wildman–Crippen LogP) is -1.24. The van der Waals surface area contributed by atoms with Crippen LogP contribution in [0.3, 0.4) is 0 Å². The van der Waals surface area contributed by atoms with Crippen LogP contribution < -0.4 is 0 Å². The van der Waals surface area contributed by atoms with Gasteiger partial charge in [0.25, 0.3) is 11.4 Å². The second kappa shape index (κ2) is 5.33. The quantitative estimate of drug-likeness (QED) is 0.314. The molecule has 0 radical (unpaired) electrons. The van der Waals surface area contributed by atoms with Gasteiger partial charge in [0.2, 0.25) is 0 Å². The Balaban J connectivity index is 0. The maximum atomic E-state index is 8.67. The van der Waals surface area contributed by atoms with Crippen LogP contribution in [-0.2, 0) is 11.4 Å². The van der Waals surface area contributed by atoms with Crippen LogP contribution in [0.5, 0.6) is 0 Å². The molecule has 5 heteroatoms. The van der Waals surface area contributed by atoms with Gasteiger partial charge in [-0.15, -0.1) is 0 Å². The zero-order valence-corrected chi connectivity index (χ0v) is 2.53. The van der Waals surface area contributed by atoms with Gasteiger partial charge in [-0.2, -0.15) is 4.21 Å². The van der Waals surface area contributed by atoms with Gasteiger partial charge in [-0.05, 0) is 0 Å². The van der Waals surface area contributed by atoms with Gasteiger partial charge in [0, 0.05) is 0 Å². The average Bonchev–Trinajstić information content (AvgIpc) is 0.811. The Kier molecular flexibility index (Phi) is 10.2. The Hall–Kier alpha value is 1.33. The average molecular weight is 124 g/mol. The SMILES string of the molecule is O=S(O)O.[CaH2]. The van der Waals surface area contributed by atoms with E-state index in [1.807, 2.05) is 0 Å². The van der Waals surface area contributed by atoms with Gasteiger partial charge in [-0.3, -0.25) is 9.11 Å². The molecule has 0 aromatic heterocycles. The summed E-state index contributed by atoms with van der Waals surface area (Å²) in [5.41, 5.74) is 0. The molecule has 0 unspecified atom stereocenters. The van der Waals surface area contributed by atoms with E-state index in [4.69, 9.17) is 13.3 Å². The Morgan fingerprint density at radius 3 is 1.40 bits per heavy atom. The third kappa shape index (κ3) is 33.4. The van der Waals surface area contributed by atoms with Gasteiger partial charge >= 0.3 is 37.7 Å². The third-order valence-corrected chi connectivity index (χ3v) is 0. The van der Waals surface area contributed by atoms with E-state index in [9.17, 15) is 0 Å². The van der Waals surface area contributed by atoms with Crippen LogP contribution in [0.2, 0.25) is 0 Å². The molecular weight excluding hydrogens is 120 g/mol. The van der Waals surface area contributed by atoms with Gasteiger partial charge in [0.1, 0.15) is 0 Å². The minimum absolute atomic E-state index is 0. The molecule has 0 heterocycles. The molecule has 2 N–H and O–H groups in total. The van der Waals surface area contributed by atoms with Gasteiger partial charge in [-0.25, -0.2) is 0 Å². The Morgan fingerprint density at radius 2 is 1.40 bits per heavy atom. The van der Waals surface area contributed by atoms with Crippen molar-refractivity contribution in [3.63, 3.8) is 0 Å². The first-order valence-corrected chi connectivity index (χ1v) is 1.60. The summed E-state index contributed by atoms with van der Waals surface area (Å²) in [6.07, 6.45) is 0. The zero-order chi connectivity index (χ0) is 3.58. The van der Waals surface area contributed by atoms with Crippen molar-refractivity contribution in [2.45, 2.75) is 0 Å². The standard InChI is InChI=1S/Ca.H2O3S.2H/c;1-4(2)3;;/h;(H2,1,2,3);;. The van der Waals surface area contributed by atoms with Crippen molar-refractivity contribution in [1.82, 2.24) is 0 Å². The van der Waals surface area contributed by atoms with E-state index in [0.717, 1.165) is 0 Å². The zero-order valence-electron chi connectivity index (χ0n) is 1.71. The van der Waals surface area contributed by atoms with Crippen molar-refractivity contribution in [2.24, 2.45) is 0 Å². The van der Waals surface area contributed by atoms with Gasteiger partial charge in [0.05, 0.1) is 0 Å². The molecule has 0 bridgehead atoms. The van der Waals surface area contributed by atoms with E-state index in [-0.39, 0.29) is 37.7 Å². The second-order valence-corrected chi connectivity index (χ2v) is 0.692. The molecule has 3 nitrogen and oxygen atoms in total. The molecule has 0 fully saturated rings. The monoisotopic (exact) mass is 124 g/mol. The first-order chi connectivity index (χ1) is 1.73. The molecule has 0 aliphatic carbocycles. The van der Waals surface area contributed by atoms with E-state index in [1.54, 1.807) is 0 Å². The maximum absolute atomic E-state index is 8.67. The van der Waals surface area contributed by atoms with E-state index in [2.05, 4.69) is 0 Å². The predicted molar refractivity (Wildman–Crippen MR) is 21.9 cm³/mol. The number of rotatable bonds is 0. The molecule has 0 saturated heterocycles. The normalized spacial score (nSPS) is 7.00. The summed E-state index contributed by atoms with van der Waals surface area (Å²) in [5, 5.41) is 0. The molecule has 0 aliphatic heterocycles. The fourth-order valence-electron chi connectivity index (χ4n) is 0. The first kappa shape index (κ1) is 9.59. The van der Waals surface area contributed by atoms with Gasteiger partial charge in [-0.1, -0.05) is 0 Å². The summed E-state index contributed by atoms with van der Waals surface area (Å²) in [6, 6.07) is 0. The van der Waals surface area contributed by atoms with Crippen molar-refractivity contribution in [2.75, 3.05) is 0 Å². The van der Waals surface area contributed by atoms with Gasteiger partial charge < -0.3 is 0 Å². The molecule has 30 valence electrons. The molecule has 0 saturated carbocycles. The molecule has 0 rings (SSSR count). The van der Waals surface area contributed by atoms with E-state index >= 15 is 0 Å². The van der Waals surface area contributed by atoms with Crippen LogP contribution >= 0.6 is 0 Å². The molecule has 0 atom stereocenters. The summed E-state index contributed by atoms with van der Waals surface area (Å²) in [5.74, 6) is 0. The Labute approximate surface area is 61.9 Å². The Morgan fingerprint density at radius 1 is 1.40 bits per heavy atom. The summed E-state index contributed by atoms with van der Waals surface area (Å²) < 4.78 is 22.8. The number of hydrogen-bond donors (Lipinski definition) is 2. The fraction of sp³-hybridized carbons (Fsp3) is 0. The fourth-order valence-corrected chi connectivity index (χ4v) is 0. The summed E-state index contributed by atoms with van der Waals surface area (Å²) >= 11 is -2.61. The van der Waals surface area contributed by atoms with E-state index < -0.39 is 11.4 Å². The molecule has 5 heavy (non-hydrogen) atoms. The van der Waals surface area contributed by atoms with Crippen LogP contribution in [0.25, 0.3) is 0 Å². The topological polar surface area (TPSA) is 57.5 Å². The summed E-state index contributed by atoms with van der Waals surface area (Å²) in [6.45, 7) is 0. The number of hydrogen-bond acceptors (Lipinski definition) is 1. The Bertz CT molecular complexity index is 29.9. The second-order valence-electron chi connectivity index (χ2n) is 0.231. The summed E-state index contributed by atoms with van der Waals surface area (Å²) in [7, 11) is 0. The van der Waals surface area contributed by atoms with Crippen molar-refractivity contribution in [3.05, 3.63) is 0 Å². The van der Waals surface area contributed by atoms with Crippen molar-refractivity contribution >= 4 is 49.1 Å². The molecule has 0 aromatic carbocycles. The van der Waals surface area contributed by atoms with E-state index in [0.29, 0.717) is 0 Å². The van der Waals surface area contributed by atoms with Crippen LogP contribution in [0.1, 0.15) is 0 Å². The van der Waals surface area contributed by atoms with Crippen molar-refractivity contribution in [3.8, 4) is 0 Å². The molecule has 0 aromatic rings. The van der Waals surface area contributed by atoms with Crippen LogP contribution in [-0.4, -0.2) is 51.1 Å². The van der Waals surface area contributed by atoms with E-state index in [1.165, 1.54) is 0 Å². The minimum atomic E-state index is -2.61. The van der Waals surface area contributed by atoms with Crippen molar-refractivity contribution < 1.29 is 13.3 Å². The van der Waals surface area contributed by atoms with Crippen molar-refractivity contribution in [1.29, 1.82) is 0 Å². The first-order valence-electron chi connectivity index (χ1n) is 0.532. The van der Waals surface area contributed by atoms with Gasteiger partial charge in [0.15, 0.2) is 0 Å². The summed E-state index contributed by atoms with van der Waals surface area (Å²) in [4.78, 5) is 0. The molecule has 0 amide bonds. The van der Waals surface area contributed by atoms with Crippen LogP contribution in [0, 0.1) is 0 Å². The van der Waals surface area contributed by atoms with Crippen LogP contribution in [0.4, 0.5) is 0 Å². The third-order valence-electron chi connectivity index (χ3n) is 0. The molecular formula is H4CaO3S. The van der Waals surface area contributed by atoms with Crippen LogP contribution in [0.15, 0.2) is 0 Å². The molecule has 0 aliphatic rings.